The molecule has 2 unspecified atom stereocenters. The summed E-state index contributed by atoms with van der Waals surface area (Å²) in [4.78, 5) is 0. The Morgan fingerprint density at radius 2 is 2.44 bits per heavy atom. The predicted octanol–water partition coefficient (Wildman–Crippen LogP) is 2.00. The van der Waals surface area contributed by atoms with Gasteiger partial charge in [-0.25, -0.2) is 0 Å². The zero-order valence-corrected chi connectivity index (χ0v) is 9.44. The quantitative estimate of drug-likeness (QED) is 0.822. The second kappa shape index (κ2) is 5.11. The minimum Gasteiger partial charge on any atom is -0.371 e. The first-order valence-corrected chi connectivity index (χ1v) is 5.68. The molecule has 0 amide bonds. The predicted molar refractivity (Wildman–Crippen MR) is 61.9 cm³/mol. The second-order valence-electron chi connectivity index (χ2n) is 4.07. The summed E-state index contributed by atoms with van der Waals surface area (Å²) in [6, 6.07) is 10.3. The first-order valence-electron chi connectivity index (χ1n) is 5.68. The van der Waals surface area contributed by atoms with Crippen molar-refractivity contribution in [3.63, 3.8) is 0 Å². The Bertz CT molecular complexity index is 389. The van der Waals surface area contributed by atoms with Gasteiger partial charge in [0, 0.05) is 12.6 Å². The van der Waals surface area contributed by atoms with Gasteiger partial charge in [-0.1, -0.05) is 19.1 Å². The van der Waals surface area contributed by atoms with Crippen molar-refractivity contribution >= 4 is 0 Å². The van der Waals surface area contributed by atoms with E-state index in [0.717, 1.165) is 25.1 Å². The summed E-state index contributed by atoms with van der Waals surface area (Å²) in [7, 11) is 0. The van der Waals surface area contributed by atoms with Crippen molar-refractivity contribution in [1.82, 2.24) is 5.32 Å². The number of ether oxygens (including phenoxy) is 1. The molecule has 1 aliphatic heterocycles. The van der Waals surface area contributed by atoms with Crippen LogP contribution in [0.4, 0.5) is 0 Å². The summed E-state index contributed by atoms with van der Waals surface area (Å²) in [6.07, 6.45) is 1.17. The SMILES string of the molecule is CCC1COC(c2cccc(C#N)c2)CN1. The van der Waals surface area contributed by atoms with Crippen LogP contribution in [0.3, 0.4) is 0 Å². The van der Waals surface area contributed by atoms with Crippen molar-refractivity contribution in [1.29, 1.82) is 5.26 Å². The molecule has 0 aromatic heterocycles. The molecule has 0 bridgehead atoms. The van der Waals surface area contributed by atoms with Crippen LogP contribution < -0.4 is 5.32 Å². The number of benzene rings is 1. The lowest BCUT2D eigenvalue weighted by molar-refractivity contribution is 0.00222. The summed E-state index contributed by atoms with van der Waals surface area (Å²) in [6.45, 7) is 3.73. The first-order chi connectivity index (χ1) is 7.83. The fourth-order valence-corrected chi connectivity index (χ4v) is 1.91. The van der Waals surface area contributed by atoms with Crippen LogP contribution in [-0.4, -0.2) is 19.2 Å². The molecule has 1 aromatic carbocycles. The van der Waals surface area contributed by atoms with E-state index in [1.807, 2.05) is 24.3 Å². The molecule has 2 atom stereocenters. The van der Waals surface area contributed by atoms with Crippen LogP contribution in [0.2, 0.25) is 0 Å². The van der Waals surface area contributed by atoms with Gasteiger partial charge in [-0.2, -0.15) is 5.26 Å². The zero-order valence-electron chi connectivity index (χ0n) is 9.44. The zero-order chi connectivity index (χ0) is 11.4. The Balaban J connectivity index is 2.05. The van der Waals surface area contributed by atoms with Crippen LogP contribution >= 0.6 is 0 Å². The van der Waals surface area contributed by atoms with Gasteiger partial charge in [-0.05, 0) is 24.1 Å². The first kappa shape index (κ1) is 11.1. The summed E-state index contributed by atoms with van der Waals surface area (Å²) in [5.74, 6) is 0. The van der Waals surface area contributed by atoms with Crippen LogP contribution in [-0.2, 0) is 4.74 Å². The number of nitrogens with zero attached hydrogens (tertiary/aromatic N) is 1. The molecule has 0 saturated carbocycles. The van der Waals surface area contributed by atoms with Crippen molar-refractivity contribution in [2.45, 2.75) is 25.5 Å². The van der Waals surface area contributed by atoms with Crippen LogP contribution in [0.5, 0.6) is 0 Å². The van der Waals surface area contributed by atoms with Crippen molar-refractivity contribution < 1.29 is 4.74 Å². The highest BCUT2D eigenvalue weighted by Crippen LogP contribution is 2.21. The van der Waals surface area contributed by atoms with E-state index in [1.165, 1.54) is 0 Å². The van der Waals surface area contributed by atoms with Crippen LogP contribution in [0, 0.1) is 11.3 Å². The van der Waals surface area contributed by atoms with Crippen LogP contribution in [0.25, 0.3) is 0 Å². The van der Waals surface area contributed by atoms with Gasteiger partial charge in [-0.15, -0.1) is 0 Å². The maximum Gasteiger partial charge on any atom is 0.0991 e. The molecule has 2 rings (SSSR count). The number of hydrogen-bond donors (Lipinski definition) is 1. The molecule has 0 spiro atoms. The molecule has 1 saturated heterocycles. The van der Waals surface area contributed by atoms with Crippen molar-refractivity contribution in [2.75, 3.05) is 13.2 Å². The maximum absolute atomic E-state index is 8.83. The fraction of sp³-hybridized carbons (Fsp3) is 0.462. The Labute approximate surface area is 96.0 Å². The summed E-state index contributed by atoms with van der Waals surface area (Å²) < 4.78 is 5.80. The Morgan fingerprint density at radius 3 is 3.06 bits per heavy atom. The van der Waals surface area contributed by atoms with Crippen LogP contribution in [0.1, 0.15) is 30.6 Å². The van der Waals surface area contributed by atoms with E-state index in [0.29, 0.717) is 11.6 Å². The molecule has 1 aromatic rings. The molecule has 1 heterocycles. The molecule has 1 fully saturated rings. The highest BCUT2D eigenvalue weighted by atomic mass is 16.5. The molecule has 0 aliphatic carbocycles. The molecule has 3 nitrogen and oxygen atoms in total. The van der Waals surface area contributed by atoms with Gasteiger partial charge in [0.2, 0.25) is 0 Å². The lowest BCUT2D eigenvalue weighted by atomic mass is 10.0. The molecule has 1 aliphatic rings. The van der Waals surface area contributed by atoms with E-state index >= 15 is 0 Å². The van der Waals surface area contributed by atoms with E-state index < -0.39 is 0 Å². The average molecular weight is 216 g/mol. The smallest absolute Gasteiger partial charge is 0.0991 e. The van der Waals surface area contributed by atoms with Gasteiger partial charge in [0.1, 0.15) is 0 Å². The van der Waals surface area contributed by atoms with Crippen molar-refractivity contribution in [3.8, 4) is 6.07 Å². The molecule has 1 N–H and O–H groups in total. The minimum absolute atomic E-state index is 0.0797. The van der Waals surface area contributed by atoms with Gasteiger partial charge < -0.3 is 10.1 Å². The van der Waals surface area contributed by atoms with Gasteiger partial charge >= 0.3 is 0 Å². The average Bonchev–Trinajstić information content (AvgIpc) is 2.39. The molecular formula is C13H16N2O. The van der Waals surface area contributed by atoms with Crippen molar-refractivity contribution in [2.24, 2.45) is 0 Å². The van der Waals surface area contributed by atoms with E-state index in [-0.39, 0.29) is 6.10 Å². The van der Waals surface area contributed by atoms with Crippen LogP contribution in [0.15, 0.2) is 24.3 Å². The molecule has 84 valence electrons. The number of rotatable bonds is 2. The Morgan fingerprint density at radius 1 is 1.56 bits per heavy atom. The molecule has 3 heteroatoms. The van der Waals surface area contributed by atoms with E-state index in [9.17, 15) is 0 Å². The summed E-state index contributed by atoms with van der Waals surface area (Å²) in [5.41, 5.74) is 1.78. The standard InChI is InChI=1S/C13H16N2O/c1-2-12-9-16-13(8-15-12)11-5-3-4-10(6-11)7-14/h3-6,12-13,15H,2,8-9H2,1H3. The van der Waals surface area contributed by atoms with E-state index in [4.69, 9.17) is 10.00 Å². The topological polar surface area (TPSA) is 45.0 Å². The largest absolute Gasteiger partial charge is 0.371 e. The van der Waals surface area contributed by atoms with Crippen molar-refractivity contribution in [3.05, 3.63) is 35.4 Å². The number of morpholine rings is 1. The van der Waals surface area contributed by atoms with Gasteiger partial charge in [0.25, 0.3) is 0 Å². The fourth-order valence-electron chi connectivity index (χ4n) is 1.91. The normalized spacial score (nSPS) is 25.0. The van der Waals surface area contributed by atoms with E-state index in [1.54, 1.807) is 0 Å². The van der Waals surface area contributed by atoms with Gasteiger partial charge in [-0.3, -0.25) is 0 Å². The lowest BCUT2D eigenvalue weighted by Crippen LogP contribution is -2.42. The Hall–Kier alpha value is -1.37. The lowest BCUT2D eigenvalue weighted by Gasteiger charge is -2.30. The summed E-state index contributed by atoms with van der Waals surface area (Å²) in [5, 5.41) is 12.3. The summed E-state index contributed by atoms with van der Waals surface area (Å²) >= 11 is 0. The Kier molecular flexibility index (Phi) is 3.55. The molecule has 0 radical (unpaired) electrons. The number of nitrogens with one attached hydrogen (secondary N) is 1. The van der Waals surface area contributed by atoms with E-state index in [2.05, 4.69) is 18.3 Å². The number of nitriles is 1. The molecular weight excluding hydrogens is 200 g/mol. The van der Waals surface area contributed by atoms with Gasteiger partial charge in [0.05, 0.1) is 24.3 Å². The highest BCUT2D eigenvalue weighted by Gasteiger charge is 2.21. The monoisotopic (exact) mass is 216 g/mol. The minimum atomic E-state index is 0.0797. The molecule has 16 heavy (non-hydrogen) atoms. The highest BCUT2D eigenvalue weighted by molar-refractivity contribution is 5.34. The van der Waals surface area contributed by atoms with Gasteiger partial charge in [0.15, 0.2) is 0 Å². The second-order valence-corrected chi connectivity index (χ2v) is 4.07. The maximum atomic E-state index is 8.83. The number of hydrogen-bond acceptors (Lipinski definition) is 3. The third kappa shape index (κ3) is 2.41. The third-order valence-electron chi connectivity index (χ3n) is 2.97. The third-order valence-corrected chi connectivity index (χ3v) is 2.97.